The molecule has 13 heteroatoms. The van der Waals surface area contributed by atoms with Gasteiger partial charge >= 0.3 is 0 Å². The lowest BCUT2D eigenvalue weighted by molar-refractivity contribution is -0.118. The number of nitrogens with one attached hydrogen (secondary N) is 2. The van der Waals surface area contributed by atoms with Gasteiger partial charge in [-0.05, 0) is 31.4 Å². The number of nitrogens with zero attached hydrogens (tertiary/aromatic N) is 5. The average molecular weight is 510 g/mol. The van der Waals surface area contributed by atoms with Crippen molar-refractivity contribution in [2.24, 2.45) is 0 Å². The number of carbonyl (C=O) groups excluding carboxylic acids is 1. The molecule has 0 bridgehead atoms. The van der Waals surface area contributed by atoms with Crippen molar-refractivity contribution in [2.75, 3.05) is 30.5 Å². The molecule has 4 atom stereocenters. The number of hydrogen-bond donors (Lipinski definition) is 3. The molecule has 0 aromatic carbocycles. The van der Waals surface area contributed by atoms with Crippen LogP contribution in [0, 0.1) is 0 Å². The van der Waals surface area contributed by atoms with Gasteiger partial charge in [0.2, 0.25) is 18.2 Å². The standard InChI is InChI=1S/C24H27N7O6/c1-35-19-6-2-13-3-7-20(33)30(22(13)28-19)9-8-25-14-4-5-15-16(10-14)37-24(34)31(15)23-26-11-17-21(29-23)27-18(32)12-36-17/h2-3,6-7,11,14-16,24-25,34H,4-5,8-10,12H2,1H3,(H,26,27,29,32)/t14-,15-,16-,24?/m1/s1. The predicted octanol–water partition coefficient (Wildman–Crippen LogP) is 0.218. The number of hydrogen-bond acceptors (Lipinski definition) is 11. The fraction of sp³-hybridized carbons (Fsp3) is 0.458. The van der Waals surface area contributed by atoms with Crippen molar-refractivity contribution in [3.8, 4) is 11.6 Å². The van der Waals surface area contributed by atoms with Crippen LogP contribution in [0.4, 0.5) is 11.8 Å². The number of carbonyl (C=O) groups is 1. The highest BCUT2D eigenvalue weighted by molar-refractivity contribution is 5.94. The lowest BCUT2D eigenvalue weighted by atomic mass is 9.88. The molecule has 0 spiro atoms. The molecular formula is C24H27N7O6. The van der Waals surface area contributed by atoms with E-state index in [0.29, 0.717) is 36.8 Å². The average Bonchev–Trinajstić information content (AvgIpc) is 3.24. The van der Waals surface area contributed by atoms with Gasteiger partial charge in [0, 0.05) is 36.7 Å². The lowest BCUT2D eigenvalue weighted by Gasteiger charge is -2.34. The zero-order valence-electron chi connectivity index (χ0n) is 20.2. The van der Waals surface area contributed by atoms with Crippen molar-refractivity contribution in [1.29, 1.82) is 0 Å². The third-order valence-corrected chi connectivity index (χ3v) is 7.02. The fourth-order valence-electron chi connectivity index (χ4n) is 5.24. The molecule has 1 unspecified atom stereocenters. The zero-order chi connectivity index (χ0) is 25.5. The summed E-state index contributed by atoms with van der Waals surface area (Å²) in [7, 11) is 1.55. The molecule has 0 radical (unpaired) electrons. The van der Waals surface area contributed by atoms with Gasteiger partial charge in [-0.25, -0.2) is 4.98 Å². The summed E-state index contributed by atoms with van der Waals surface area (Å²) in [4.78, 5) is 39.0. The van der Waals surface area contributed by atoms with E-state index in [1.807, 2.05) is 6.07 Å². The number of aliphatic hydroxyl groups excluding tert-OH is 1. The van der Waals surface area contributed by atoms with Crippen LogP contribution < -0.4 is 30.6 Å². The Bertz CT molecular complexity index is 1400. The minimum Gasteiger partial charge on any atom is -0.481 e. The highest BCUT2D eigenvalue weighted by Crippen LogP contribution is 2.37. The van der Waals surface area contributed by atoms with Gasteiger partial charge in [-0.1, -0.05) is 0 Å². The van der Waals surface area contributed by atoms with Crippen molar-refractivity contribution >= 4 is 28.7 Å². The molecule has 1 amide bonds. The number of aromatic nitrogens is 4. The predicted molar refractivity (Wildman–Crippen MR) is 132 cm³/mol. The molecule has 2 aliphatic heterocycles. The van der Waals surface area contributed by atoms with Gasteiger partial charge in [-0.2, -0.15) is 9.97 Å². The Morgan fingerprint density at radius 2 is 2.08 bits per heavy atom. The van der Waals surface area contributed by atoms with Crippen molar-refractivity contribution in [1.82, 2.24) is 24.8 Å². The Kier molecular flexibility index (Phi) is 6.10. The summed E-state index contributed by atoms with van der Waals surface area (Å²) in [5.74, 6) is 1.11. The quantitative estimate of drug-likeness (QED) is 0.418. The second-order valence-electron chi connectivity index (χ2n) is 9.25. The van der Waals surface area contributed by atoms with Crippen molar-refractivity contribution in [2.45, 2.75) is 50.4 Å². The van der Waals surface area contributed by atoms with Gasteiger partial charge < -0.3 is 30.0 Å². The molecule has 194 valence electrons. The number of ether oxygens (including phenoxy) is 3. The summed E-state index contributed by atoms with van der Waals surface area (Å²) in [6, 6.07) is 7.00. The second-order valence-corrected chi connectivity index (χ2v) is 9.25. The fourth-order valence-corrected chi connectivity index (χ4v) is 5.24. The molecule has 1 saturated heterocycles. The van der Waals surface area contributed by atoms with Crippen LogP contribution in [0.25, 0.3) is 11.0 Å². The van der Waals surface area contributed by atoms with E-state index >= 15 is 0 Å². The minimum atomic E-state index is -1.19. The normalized spacial score (nSPS) is 24.8. The summed E-state index contributed by atoms with van der Waals surface area (Å²) >= 11 is 0. The summed E-state index contributed by atoms with van der Waals surface area (Å²) in [6.45, 7) is 0.942. The van der Waals surface area contributed by atoms with Crippen LogP contribution in [0.5, 0.6) is 11.6 Å². The van der Waals surface area contributed by atoms with Gasteiger partial charge in [-0.3, -0.25) is 19.1 Å². The second kappa shape index (κ2) is 9.57. The van der Waals surface area contributed by atoms with E-state index in [2.05, 4.69) is 25.6 Å². The third-order valence-electron chi connectivity index (χ3n) is 7.02. The van der Waals surface area contributed by atoms with Crippen LogP contribution in [0.15, 0.2) is 35.3 Å². The van der Waals surface area contributed by atoms with Crippen LogP contribution in [-0.4, -0.2) is 75.4 Å². The van der Waals surface area contributed by atoms with Crippen molar-refractivity contribution in [3.63, 3.8) is 0 Å². The van der Waals surface area contributed by atoms with E-state index in [1.165, 1.54) is 6.20 Å². The Labute approximate surface area is 211 Å². The number of aliphatic hydroxyl groups is 1. The topological polar surface area (TPSA) is 153 Å². The van der Waals surface area contributed by atoms with Gasteiger partial charge in [0.1, 0.15) is 5.65 Å². The largest absolute Gasteiger partial charge is 0.481 e. The monoisotopic (exact) mass is 509 g/mol. The number of amides is 1. The van der Waals surface area contributed by atoms with E-state index in [9.17, 15) is 14.7 Å². The molecule has 2 fully saturated rings. The molecule has 1 saturated carbocycles. The maximum Gasteiger partial charge on any atom is 0.263 e. The van der Waals surface area contributed by atoms with E-state index in [4.69, 9.17) is 14.2 Å². The molecular weight excluding hydrogens is 482 g/mol. The Hall–Kier alpha value is -3.81. The van der Waals surface area contributed by atoms with Gasteiger partial charge in [-0.15, -0.1) is 0 Å². The number of fused-ring (bicyclic) bond motifs is 3. The molecule has 3 N–H and O–H groups in total. The van der Waals surface area contributed by atoms with E-state index < -0.39 is 6.41 Å². The first-order valence-corrected chi connectivity index (χ1v) is 12.2. The highest BCUT2D eigenvalue weighted by atomic mass is 16.6. The molecule has 5 heterocycles. The molecule has 6 rings (SSSR count). The molecule has 3 aromatic rings. The summed E-state index contributed by atoms with van der Waals surface area (Å²) in [5.41, 5.74) is 0.463. The number of pyridine rings is 2. The molecule has 1 aliphatic carbocycles. The first-order valence-electron chi connectivity index (χ1n) is 12.2. The smallest absolute Gasteiger partial charge is 0.263 e. The van der Waals surface area contributed by atoms with E-state index in [1.54, 1.807) is 34.8 Å². The molecule has 13 nitrogen and oxygen atoms in total. The van der Waals surface area contributed by atoms with Gasteiger partial charge in [0.25, 0.3) is 11.5 Å². The number of methoxy groups -OCH3 is 1. The van der Waals surface area contributed by atoms with Crippen LogP contribution in [0.3, 0.4) is 0 Å². The third kappa shape index (κ3) is 4.45. The van der Waals surface area contributed by atoms with Gasteiger partial charge in [0.05, 0.1) is 25.5 Å². The number of anilines is 2. The van der Waals surface area contributed by atoms with E-state index in [0.717, 1.165) is 18.2 Å². The summed E-state index contributed by atoms with van der Waals surface area (Å²) in [6.07, 6.45) is 2.34. The molecule has 37 heavy (non-hydrogen) atoms. The Balaban J connectivity index is 1.10. The Morgan fingerprint density at radius 1 is 1.22 bits per heavy atom. The van der Waals surface area contributed by atoms with Crippen molar-refractivity contribution in [3.05, 3.63) is 40.8 Å². The molecule has 3 aromatic heterocycles. The maximum absolute atomic E-state index is 12.5. The first kappa shape index (κ1) is 23.6. The first-order chi connectivity index (χ1) is 18.0. The summed E-state index contributed by atoms with van der Waals surface area (Å²) in [5, 5.41) is 17.7. The van der Waals surface area contributed by atoms with Crippen LogP contribution in [0.1, 0.15) is 19.3 Å². The van der Waals surface area contributed by atoms with Gasteiger partial charge in [0.15, 0.2) is 18.2 Å². The van der Waals surface area contributed by atoms with Crippen LogP contribution in [0.2, 0.25) is 0 Å². The van der Waals surface area contributed by atoms with E-state index in [-0.39, 0.29) is 48.0 Å². The lowest BCUT2D eigenvalue weighted by Crippen LogP contribution is -2.47. The van der Waals surface area contributed by atoms with Crippen LogP contribution >= 0.6 is 0 Å². The minimum absolute atomic E-state index is 0.0793. The maximum atomic E-state index is 12.5. The van der Waals surface area contributed by atoms with Crippen molar-refractivity contribution < 1.29 is 24.1 Å². The highest BCUT2D eigenvalue weighted by Gasteiger charge is 2.46. The van der Waals surface area contributed by atoms with Crippen LogP contribution in [-0.2, 0) is 16.1 Å². The Morgan fingerprint density at radius 3 is 2.95 bits per heavy atom. The zero-order valence-corrected chi connectivity index (χ0v) is 20.2. The number of rotatable bonds is 6. The SMILES string of the molecule is COc1ccc2ccc(=O)n(CCN[C@@H]3CC[C@@H]4[C@@H](C3)OC(O)N4c3ncc4c(n3)NC(=O)CO4)c2n1. The summed E-state index contributed by atoms with van der Waals surface area (Å²) < 4.78 is 18.0. The molecule has 3 aliphatic rings.